The second kappa shape index (κ2) is 4.03. The third-order valence-electron chi connectivity index (χ3n) is 2.35. The van der Waals surface area contributed by atoms with Crippen molar-refractivity contribution in [2.24, 2.45) is 0 Å². The molecule has 0 spiro atoms. The summed E-state index contributed by atoms with van der Waals surface area (Å²) in [7, 11) is 0. The summed E-state index contributed by atoms with van der Waals surface area (Å²) in [6.45, 7) is 0. The second-order valence-electron chi connectivity index (χ2n) is 3.39. The van der Waals surface area contributed by atoms with E-state index in [-0.39, 0.29) is 5.82 Å². The summed E-state index contributed by atoms with van der Waals surface area (Å²) >= 11 is 0. The number of hydrogen-bond acceptors (Lipinski definition) is 2. The Morgan fingerprint density at radius 2 is 1.81 bits per heavy atom. The minimum absolute atomic E-state index is 0.343. The highest BCUT2D eigenvalue weighted by Gasteiger charge is 2.08. The Morgan fingerprint density at radius 3 is 2.50 bits per heavy atom. The largest absolute Gasteiger partial charge is 0.398 e. The van der Waals surface area contributed by atoms with Gasteiger partial charge in [-0.3, -0.25) is 0 Å². The van der Waals surface area contributed by atoms with E-state index in [2.05, 4.69) is 0 Å². The molecule has 0 aliphatic heterocycles. The van der Waals surface area contributed by atoms with E-state index in [1.54, 1.807) is 36.4 Å². The fourth-order valence-electron chi connectivity index (χ4n) is 1.54. The van der Waals surface area contributed by atoms with Gasteiger partial charge in [0, 0.05) is 16.8 Å². The van der Waals surface area contributed by atoms with Crippen molar-refractivity contribution in [3.63, 3.8) is 0 Å². The molecule has 78 valence electrons. The number of hydrogen-bond donors (Lipinski definition) is 1. The van der Waals surface area contributed by atoms with Gasteiger partial charge in [0.15, 0.2) is 0 Å². The molecule has 2 rings (SSSR count). The lowest BCUT2D eigenvalue weighted by atomic mass is 10.0. The predicted molar refractivity (Wildman–Crippen MR) is 61.0 cm³/mol. The maximum absolute atomic E-state index is 13.6. The number of halogens is 1. The number of nitrogens with zero attached hydrogens (tertiary/aromatic N) is 1. The maximum atomic E-state index is 13.6. The fourth-order valence-corrected chi connectivity index (χ4v) is 1.54. The second-order valence-corrected chi connectivity index (χ2v) is 3.39. The molecule has 2 aromatic rings. The molecule has 0 heterocycles. The van der Waals surface area contributed by atoms with Gasteiger partial charge in [0.25, 0.3) is 0 Å². The van der Waals surface area contributed by atoms with E-state index in [0.717, 1.165) is 0 Å². The molecule has 0 saturated heterocycles. The van der Waals surface area contributed by atoms with Crippen LogP contribution in [0.2, 0.25) is 0 Å². The molecule has 2 aromatic carbocycles. The molecule has 2 nitrogen and oxygen atoms in total. The van der Waals surface area contributed by atoms with E-state index in [4.69, 9.17) is 11.0 Å². The third-order valence-corrected chi connectivity index (χ3v) is 2.35. The van der Waals surface area contributed by atoms with E-state index in [9.17, 15) is 4.39 Å². The molecular weight excluding hydrogens is 203 g/mol. The van der Waals surface area contributed by atoms with Crippen molar-refractivity contribution in [1.82, 2.24) is 0 Å². The van der Waals surface area contributed by atoms with E-state index in [0.29, 0.717) is 22.4 Å². The molecule has 16 heavy (non-hydrogen) atoms. The first-order valence-corrected chi connectivity index (χ1v) is 4.77. The highest BCUT2D eigenvalue weighted by molar-refractivity contribution is 5.77. The Morgan fingerprint density at radius 1 is 1.06 bits per heavy atom. The van der Waals surface area contributed by atoms with Gasteiger partial charge < -0.3 is 5.73 Å². The third kappa shape index (κ3) is 1.73. The van der Waals surface area contributed by atoms with Crippen LogP contribution in [0, 0.1) is 17.1 Å². The smallest absolute Gasteiger partial charge is 0.131 e. The summed E-state index contributed by atoms with van der Waals surface area (Å²) < 4.78 is 13.6. The Labute approximate surface area is 92.8 Å². The summed E-state index contributed by atoms with van der Waals surface area (Å²) in [6.07, 6.45) is 0. The van der Waals surface area contributed by atoms with Crippen LogP contribution in [0.5, 0.6) is 0 Å². The number of nitrogens with two attached hydrogens (primary N) is 1. The molecule has 0 amide bonds. The highest BCUT2D eigenvalue weighted by atomic mass is 19.1. The van der Waals surface area contributed by atoms with Crippen LogP contribution in [0.4, 0.5) is 10.1 Å². The van der Waals surface area contributed by atoms with Gasteiger partial charge in [-0.1, -0.05) is 18.2 Å². The quantitative estimate of drug-likeness (QED) is 0.739. The molecule has 0 unspecified atom stereocenters. The van der Waals surface area contributed by atoms with Crippen LogP contribution < -0.4 is 5.73 Å². The summed E-state index contributed by atoms with van der Waals surface area (Å²) in [5.41, 5.74) is 7.66. The monoisotopic (exact) mass is 212 g/mol. The number of rotatable bonds is 1. The molecule has 0 aliphatic carbocycles. The van der Waals surface area contributed by atoms with Crippen molar-refractivity contribution in [3.05, 3.63) is 53.8 Å². The molecule has 0 radical (unpaired) electrons. The van der Waals surface area contributed by atoms with Gasteiger partial charge in [0.05, 0.1) is 11.6 Å². The number of benzene rings is 2. The van der Waals surface area contributed by atoms with Crippen molar-refractivity contribution >= 4 is 5.69 Å². The average molecular weight is 212 g/mol. The number of anilines is 1. The van der Waals surface area contributed by atoms with Crippen molar-refractivity contribution in [2.75, 3.05) is 5.73 Å². The Balaban J connectivity index is 2.65. The van der Waals surface area contributed by atoms with Crippen LogP contribution in [0.3, 0.4) is 0 Å². The molecule has 0 bridgehead atoms. The summed E-state index contributed by atoms with van der Waals surface area (Å²) in [5.74, 6) is -0.343. The van der Waals surface area contributed by atoms with Gasteiger partial charge >= 0.3 is 0 Å². The van der Waals surface area contributed by atoms with Gasteiger partial charge in [-0.05, 0) is 24.3 Å². The SMILES string of the molecule is N#Cc1ccc(N)c(-c2ccccc2F)c1. The van der Waals surface area contributed by atoms with Gasteiger partial charge in [0.1, 0.15) is 5.82 Å². The molecule has 0 fully saturated rings. The van der Waals surface area contributed by atoms with Crippen LogP contribution in [-0.4, -0.2) is 0 Å². The van der Waals surface area contributed by atoms with Crippen molar-refractivity contribution in [1.29, 1.82) is 5.26 Å². The number of nitriles is 1. The lowest BCUT2D eigenvalue weighted by Crippen LogP contribution is -1.93. The van der Waals surface area contributed by atoms with Gasteiger partial charge in [-0.2, -0.15) is 5.26 Å². The molecule has 0 saturated carbocycles. The molecule has 0 aromatic heterocycles. The molecule has 0 atom stereocenters. The Bertz CT molecular complexity index is 570. The molecule has 3 heteroatoms. The maximum Gasteiger partial charge on any atom is 0.131 e. The highest BCUT2D eigenvalue weighted by Crippen LogP contribution is 2.28. The average Bonchev–Trinajstić information content (AvgIpc) is 2.31. The molecule has 2 N–H and O–H groups in total. The summed E-state index contributed by atoms with van der Waals surface area (Å²) in [6, 6.07) is 13.2. The molecule has 0 aliphatic rings. The first kappa shape index (κ1) is 10.2. The zero-order valence-corrected chi connectivity index (χ0v) is 8.44. The molecular formula is C13H9FN2. The summed E-state index contributed by atoms with van der Waals surface area (Å²) in [5, 5.41) is 8.78. The van der Waals surface area contributed by atoms with Crippen LogP contribution in [-0.2, 0) is 0 Å². The van der Waals surface area contributed by atoms with E-state index in [1.165, 1.54) is 6.07 Å². The fraction of sp³-hybridized carbons (Fsp3) is 0. The minimum atomic E-state index is -0.343. The predicted octanol–water partition coefficient (Wildman–Crippen LogP) is 2.95. The van der Waals surface area contributed by atoms with E-state index in [1.807, 2.05) is 6.07 Å². The zero-order chi connectivity index (χ0) is 11.5. The first-order valence-electron chi connectivity index (χ1n) is 4.77. The van der Waals surface area contributed by atoms with Crippen LogP contribution >= 0.6 is 0 Å². The standard InChI is InChI=1S/C13H9FN2/c14-12-4-2-1-3-10(12)11-7-9(8-15)5-6-13(11)16/h1-7H,16H2. The van der Waals surface area contributed by atoms with Crippen LogP contribution in [0.25, 0.3) is 11.1 Å². The first-order chi connectivity index (χ1) is 7.72. The van der Waals surface area contributed by atoms with Crippen molar-refractivity contribution < 1.29 is 4.39 Å². The lowest BCUT2D eigenvalue weighted by molar-refractivity contribution is 0.631. The van der Waals surface area contributed by atoms with Crippen LogP contribution in [0.1, 0.15) is 5.56 Å². The van der Waals surface area contributed by atoms with E-state index < -0.39 is 0 Å². The lowest BCUT2D eigenvalue weighted by Gasteiger charge is -2.07. The van der Waals surface area contributed by atoms with E-state index >= 15 is 0 Å². The number of nitrogen functional groups attached to an aromatic ring is 1. The summed E-state index contributed by atoms with van der Waals surface area (Å²) in [4.78, 5) is 0. The Hall–Kier alpha value is -2.34. The van der Waals surface area contributed by atoms with Crippen molar-refractivity contribution in [2.45, 2.75) is 0 Å². The normalized spacial score (nSPS) is 9.75. The van der Waals surface area contributed by atoms with Gasteiger partial charge in [-0.25, -0.2) is 4.39 Å². The van der Waals surface area contributed by atoms with Crippen LogP contribution in [0.15, 0.2) is 42.5 Å². The zero-order valence-electron chi connectivity index (χ0n) is 8.44. The topological polar surface area (TPSA) is 49.8 Å². The van der Waals surface area contributed by atoms with Crippen molar-refractivity contribution in [3.8, 4) is 17.2 Å². The van der Waals surface area contributed by atoms with Gasteiger partial charge in [-0.15, -0.1) is 0 Å². The minimum Gasteiger partial charge on any atom is -0.398 e. The Kier molecular flexibility index (Phi) is 2.57. The van der Waals surface area contributed by atoms with Gasteiger partial charge in [0.2, 0.25) is 0 Å².